The maximum Gasteiger partial charge on any atom is 0.336 e. The first-order valence-corrected chi connectivity index (χ1v) is 12.5. The molecule has 6 N–H and O–H groups in total. The second-order valence-corrected chi connectivity index (χ2v) is 9.27. The summed E-state index contributed by atoms with van der Waals surface area (Å²) < 4.78 is 6.25. The Morgan fingerprint density at radius 3 is 2.30 bits per heavy atom. The summed E-state index contributed by atoms with van der Waals surface area (Å²) in [5, 5.41) is 25.1. The molecule has 5 aromatic carbocycles. The van der Waals surface area contributed by atoms with Gasteiger partial charge in [-0.1, -0.05) is 60.1 Å². The van der Waals surface area contributed by atoms with Crippen LogP contribution in [0, 0.1) is 5.41 Å². The summed E-state index contributed by atoms with van der Waals surface area (Å²) in [6, 6.07) is 28.8. The lowest BCUT2D eigenvalue weighted by atomic mass is 9.98. The normalized spacial score (nSPS) is 10.6. The summed E-state index contributed by atoms with van der Waals surface area (Å²) in [5.41, 5.74) is 8.08. The van der Waals surface area contributed by atoms with E-state index in [1.54, 1.807) is 72.8 Å². The number of nitrogen functional groups attached to an aromatic ring is 1. The zero-order chi connectivity index (χ0) is 28.2. The number of hydrogen-bond acceptors (Lipinski definition) is 4. The molecule has 0 radical (unpaired) electrons. The largest absolute Gasteiger partial charge is 0.478 e. The number of carboxylic acid groups (broad SMARTS) is 1. The number of carbonyl (C=O) groups excluding carboxylic acids is 1. The lowest BCUT2D eigenvalue weighted by Crippen LogP contribution is -2.19. The summed E-state index contributed by atoms with van der Waals surface area (Å²) in [6.07, 6.45) is 0. The smallest absolute Gasteiger partial charge is 0.336 e. The van der Waals surface area contributed by atoms with Crippen LogP contribution in [0.25, 0.3) is 21.9 Å². The van der Waals surface area contributed by atoms with Gasteiger partial charge in [0, 0.05) is 16.8 Å². The van der Waals surface area contributed by atoms with Gasteiger partial charge in [-0.25, -0.2) is 9.59 Å². The highest BCUT2D eigenvalue weighted by atomic mass is 35.5. The van der Waals surface area contributed by atoms with Crippen molar-refractivity contribution in [2.75, 3.05) is 10.6 Å². The van der Waals surface area contributed by atoms with Crippen LogP contribution < -0.4 is 21.1 Å². The SMILES string of the molecule is N=C(N)c1ccc2cc(Oc3ccc(NC(=O)Nc4ccccc4Cl)cc3-c3ccccc3C(=O)O)ccc2c1. The van der Waals surface area contributed by atoms with E-state index in [1.165, 1.54) is 6.07 Å². The molecule has 8 nitrogen and oxygen atoms in total. The third-order valence-corrected chi connectivity index (χ3v) is 6.49. The minimum absolute atomic E-state index is 0.0155. The van der Waals surface area contributed by atoms with Gasteiger partial charge in [0.05, 0.1) is 16.3 Å². The molecule has 0 bridgehead atoms. The Hall–Kier alpha value is -5.34. The Balaban J connectivity index is 1.50. The van der Waals surface area contributed by atoms with E-state index in [0.29, 0.717) is 44.6 Å². The number of ether oxygens (including phenoxy) is 1. The number of nitrogens with two attached hydrogens (primary N) is 1. The topological polar surface area (TPSA) is 138 Å². The molecule has 0 atom stereocenters. The van der Waals surface area contributed by atoms with Gasteiger partial charge >= 0.3 is 12.0 Å². The fourth-order valence-corrected chi connectivity index (χ4v) is 4.42. The summed E-state index contributed by atoms with van der Waals surface area (Å²) >= 11 is 6.15. The Kier molecular flexibility index (Phi) is 7.35. The first-order chi connectivity index (χ1) is 19.3. The highest BCUT2D eigenvalue weighted by molar-refractivity contribution is 6.33. The van der Waals surface area contributed by atoms with Crippen molar-refractivity contribution in [1.29, 1.82) is 5.41 Å². The van der Waals surface area contributed by atoms with Crippen molar-refractivity contribution in [3.05, 3.63) is 119 Å². The number of rotatable bonds is 7. The number of carboxylic acids is 1. The van der Waals surface area contributed by atoms with Crippen molar-refractivity contribution < 1.29 is 19.4 Å². The van der Waals surface area contributed by atoms with Crippen molar-refractivity contribution in [2.24, 2.45) is 5.73 Å². The summed E-state index contributed by atoms with van der Waals surface area (Å²) in [6.45, 7) is 0. The van der Waals surface area contributed by atoms with E-state index in [1.807, 2.05) is 24.3 Å². The van der Waals surface area contributed by atoms with Crippen molar-refractivity contribution >= 4 is 51.6 Å². The second kappa shape index (κ2) is 11.2. The van der Waals surface area contributed by atoms with Crippen LogP contribution in [-0.2, 0) is 0 Å². The Morgan fingerprint density at radius 1 is 0.800 bits per heavy atom. The minimum atomic E-state index is -1.09. The number of urea groups is 1. The first kappa shape index (κ1) is 26.3. The molecule has 40 heavy (non-hydrogen) atoms. The number of halogens is 1. The number of benzene rings is 5. The van der Waals surface area contributed by atoms with Crippen LogP contribution in [0.4, 0.5) is 16.2 Å². The van der Waals surface area contributed by atoms with Crippen LogP contribution >= 0.6 is 11.6 Å². The van der Waals surface area contributed by atoms with Gasteiger partial charge in [0.1, 0.15) is 17.3 Å². The Bertz CT molecular complexity index is 1790. The van der Waals surface area contributed by atoms with E-state index < -0.39 is 12.0 Å². The number of anilines is 2. The monoisotopic (exact) mass is 550 g/mol. The summed E-state index contributed by atoms with van der Waals surface area (Å²) in [7, 11) is 0. The second-order valence-electron chi connectivity index (χ2n) is 8.86. The molecule has 198 valence electrons. The van der Waals surface area contributed by atoms with Crippen molar-refractivity contribution in [3.8, 4) is 22.6 Å². The molecule has 2 amide bonds. The maximum atomic E-state index is 12.7. The van der Waals surface area contributed by atoms with E-state index in [0.717, 1.165) is 10.8 Å². The fourth-order valence-electron chi connectivity index (χ4n) is 4.24. The van der Waals surface area contributed by atoms with Crippen molar-refractivity contribution in [2.45, 2.75) is 0 Å². The molecule has 0 aliphatic carbocycles. The third kappa shape index (κ3) is 5.72. The molecule has 0 aromatic heterocycles. The zero-order valence-corrected chi connectivity index (χ0v) is 21.7. The average molecular weight is 551 g/mol. The van der Waals surface area contributed by atoms with Crippen LogP contribution in [-0.4, -0.2) is 22.9 Å². The van der Waals surface area contributed by atoms with Gasteiger partial charge in [0.25, 0.3) is 0 Å². The fraction of sp³-hybridized carbons (Fsp3) is 0. The molecule has 0 spiro atoms. The predicted octanol–water partition coefficient (Wildman–Crippen LogP) is 7.58. The number of amidine groups is 1. The number of hydrogen-bond donors (Lipinski definition) is 5. The average Bonchev–Trinajstić information content (AvgIpc) is 2.94. The van der Waals surface area contributed by atoms with Gasteiger partial charge < -0.3 is 26.2 Å². The lowest BCUT2D eigenvalue weighted by molar-refractivity contribution is 0.0697. The molecule has 0 unspecified atom stereocenters. The van der Waals surface area contributed by atoms with Crippen LogP contribution in [0.15, 0.2) is 103 Å². The van der Waals surface area contributed by atoms with Crippen LogP contribution in [0.1, 0.15) is 15.9 Å². The number of amides is 2. The van der Waals surface area contributed by atoms with E-state index in [2.05, 4.69) is 10.6 Å². The number of nitrogens with one attached hydrogen (secondary N) is 3. The van der Waals surface area contributed by atoms with Gasteiger partial charge in [-0.15, -0.1) is 0 Å². The maximum absolute atomic E-state index is 12.7. The molecule has 0 saturated carbocycles. The molecular formula is C31H23ClN4O4. The standard InChI is InChI=1S/C31H23ClN4O4/c32-26-7-3-4-8-27(26)36-31(39)35-21-12-14-28(25(17-21)23-5-1-2-6-24(23)30(37)38)40-22-13-11-18-15-20(29(33)34)10-9-19(18)16-22/h1-17H,(H3,33,34)(H,37,38)(H2,35,36,39). The molecule has 0 aliphatic rings. The molecule has 0 aliphatic heterocycles. The van der Waals surface area contributed by atoms with Gasteiger partial charge in [-0.3, -0.25) is 5.41 Å². The van der Waals surface area contributed by atoms with Gasteiger partial charge in [0.15, 0.2) is 0 Å². The molecule has 5 aromatic rings. The lowest BCUT2D eigenvalue weighted by Gasteiger charge is -2.16. The first-order valence-electron chi connectivity index (χ1n) is 12.1. The van der Waals surface area contributed by atoms with E-state index in [-0.39, 0.29) is 11.4 Å². The van der Waals surface area contributed by atoms with Crippen LogP contribution in [0.3, 0.4) is 0 Å². The van der Waals surface area contributed by atoms with Crippen LogP contribution in [0.2, 0.25) is 5.02 Å². The zero-order valence-electron chi connectivity index (χ0n) is 20.9. The molecule has 9 heteroatoms. The van der Waals surface area contributed by atoms with E-state index in [9.17, 15) is 14.7 Å². The quantitative estimate of drug-likeness (QED) is 0.105. The molecule has 0 fully saturated rings. The summed E-state index contributed by atoms with van der Waals surface area (Å²) in [5.74, 6) is -0.193. The Morgan fingerprint density at radius 2 is 1.52 bits per heavy atom. The van der Waals surface area contributed by atoms with Crippen LogP contribution in [0.5, 0.6) is 11.5 Å². The number of aromatic carboxylic acids is 1. The molecule has 0 saturated heterocycles. The van der Waals surface area contributed by atoms with Crippen molar-refractivity contribution in [1.82, 2.24) is 0 Å². The number of fused-ring (bicyclic) bond motifs is 1. The highest BCUT2D eigenvalue weighted by Gasteiger charge is 2.17. The van der Waals surface area contributed by atoms with Crippen molar-refractivity contribution in [3.63, 3.8) is 0 Å². The molecular weight excluding hydrogens is 528 g/mol. The molecule has 5 rings (SSSR count). The van der Waals surface area contributed by atoms with E-state index in [4.69, 9.17) is 27.5 Å². The molecule has 0 heterocycles. The minimum Gasteiger partial charge on any atom is -0.478 e. The van der Waals surface area contributed by atoms with Gasteiger partial charge in [0.2, 0.25) is 0 Å². The Labute approximate surface area is 234 Å². The summed E-state index contributed by atoms with van der Waals surface area (Å²) in [4.78, 5) is 24.7. The van der Waals surface area contributed by atoms with Gasteiger partial charge in [-0.2, -0.15) is 0 Å². The predicted molar refractivity (Wildman–Crippen MR) is 158 cm³/mol. The van der Waals surface area contributed by atoms with E-state index >= 15 is 0 Å². The van der Waals surface area contributed by atoms with Gasteiger partial charge in [-0.05, 0) is 70.9 Å². The third-order valence-electron chi connectivity index (χ3n) is 6.16. The highest BCUT2D eigenvalue weighted by Crippen LogP contribution is 2.38. The number of carbonyl (C=O) groups is 2. The number of para-hydroxylation sites is 1.